The van der Waals surface area contributed by atoms with Gasteiger partial charge in [0.25, 0.3) is 0 Å². The van der Waals surface area contributed by atoms with E-state index < -0.39 is 0 Å². The molecule has 46 heavy (non-hydrogen) atoms. The van der Waals surface area contributed by atoms with E-state index in [0.29, 0.717) is 5.84 Å². The predicted molar refractivity (Wildman–Crippen MR) is 190 cm³/mol. The van der Waals surface area contributed by atoms with Crippen LogP contribution >= 0.6 is 0 Å². The van der Waals surface area contributed by atoms with Crippen LogP contribution in [0.1, 0.15) is 44.5 Å². The molecule has 0 aliphatic rings. The topological polar surface area (TPSA) is 90.9 Å². The smallest absolute Gasteiger partial charge is 0.181 e. The Hall–Kier alpha value is -4.98. The van der Waals surface area contributed by atoms with Crippen molar-refractivity contribution in [2.45, 2.75) is 55.4 Å². The largest absolute Gasteiger partial charge is 0.497 e. The second-order valence-electron chi connectivity index (χ2n) is 11.7. The van der Waals surface area contributed by atoms with Crippen LogP contribution in [0.3, 0.4) is 0 Å². The standard InChI is InChI=1S/C38H46N4O4/c1-21-13-29(43-9)14-22(2)33(21)40-37(39)38(41-34-23(3)15-30(44-10)16-24(34)4)42(35-25(5)17-31(45-11)18-26(35)6)36-27(7)19-32(46-12)20-28(36)8/h13-20H,1-12H3,(H2,39,40). The number of anilines is 2. The maximum atomic E-state index is 7.12. The third-order valence-corrected chi connectivity index (χ3v) is 8.14. The molecule has 4 aromatic carbocycles. The monoisotopic (exact) mass is 622 g/mol. The minimum Gasteiger partial charge on any atom is -0.497 e. The number of nitrogens with zero attached hydrogens (tertiary/aromatic N) is 3. The first kappa shape index (κ1) is 33.9. The van der Waals surface area contributed by atoms with Crippen LogP contribution in [0.2, 0.25) is 0 Å². The van der Waals surface area contributed by atoms with E-state index in [9.17, 15) is 0 Å². The van der Waals surface area contributed by atoms with E-state index in [1.54, 1.807) is 28.4 Å². The zero-order chi connectivity index (χ0) is 33.9. The van der Waals surface area contributed by atoms with Crippen LogP contribution in [0.15, 0.2) is 58.5 Å². The van der Waals surface area contributed by atoms with E-state index in [-0.39, 0.29) is 5.84 Å². The molecule has 0 aliphatic carbocycles. The van der Waals surface area contributed by atoms with Crippen LogP contribution < -0.4 is 29.6 Å². The summed E-state index contributed by atoms with van der Waals surface area (Å²) in [7, 11) is 6.68. The summed E-state index contributed by atoms with van der Waals surface area (Å²) >= 11 is 0. The fourth-order valence-electron chi connectivity index (χ4n) is 6.02. The van der Waals surface area contributed by atoms with Gasteiger partial charge in [-0.05, 0) is 148 Å². The number of benzene rings is 4. The number of amidine groups is 2. The molecule has 0 spiro atoms. The van der Waals surface area contributed by atoms with E-state index in [2.05, 4.69) is 32.6 Å². The number of hydrogen-bond acceptors (Lipinski definition) is 6. The van der Waals surface area contributed by atoms with Crippen LogP contribution in [0, 0.1) is 55.4 Å². The SMILES string of the molecule is COc1cc(C)c(N=C(N)C(=Nc2c(C)cc(OC)cc2C)N(c2c(C)cc(OC)cc2C)c2c(C)cc(OC)cc2C)c(C)c1. The van der Waals surface area contributed by atoms with Gasteiger partial charge >= 0.3 is 0 Å². The fraction of sp³-hybridized carbons (Fsp3) is 0.316. The Balaban J connectivity index is 2.17. The summed E-state index contributed by atoms with van der Waals surface area (Å²) in [6.45, 7) is 16.3. The summed E-state index contributed by atoms with van der Waals surface area (Å²) in [4.78, 5) is 12.6. The highest BCUT2D eigenvalue weighted by atomic mass is 16.5. The molecule has 0 heterocycles. The number of aliphatic imine (C=N–C) groups is 2. The molecule has 0 unspecified atom stereocenters. The summed E-state index contributed by atoms with van der Waals surface area (Å²) < 4.78 is 22.3. The average molecular weight is 623 g/mol. The van der Waals surface area contributed by atoms with Crippen molar-refractivity contribution in [3.8, 4) is 23.0 Å². The number of ether oxygens (including phenoxy) is 4. The number of aryl methyl sites for hydroxylation is 8. The fourth-order valence-corrected chi connectivity index (χ4v) is 6.02. The molecule has 0 saturated heterocycles. The molecule has 4 aromatic rings. The highest BCUT2D eigenvalue weighted by Gasteiger charge is 2.28. The number of rotatable bonds is 8. The minimum absolute atomic E-state index is 0.259. The maximum absolute atomic E-state index is 7.12. The Morgan fingerprint density at radius 2 is 0.717 bits per heavy atom. The van der Waals surface area contributed by atoms with Gasteiger partial charge in [-0.15, -0.1) is 0 Å². The van der Waals surface area contributed by atoms with Crippen molar-refractivity contribution in [1.82, 2.24) is 0 Å². The van der Waals surface area contributed by atoms with E-state index in [4.69, 9.17) is 34.7 Å². The van der Waals surface area contributed by atoms with Crippen LogP contribution in [-0.4, -0.2) is 40.1 Å². The van der Waals surface area contributed by atoms with Crippen LogP contribution in [0.5, 0.6) is 23.0 Å². The quantitative estimate of drug-likeness (QED) is 0.156. The van der Waals surface area contributed by atoms with Crippen molar-refractivity contribution in [2.24, 2.45) is 15.7 Å². The number of nitrogens with two attached hydrogens (primary N) is 1. The molecule has 0 aromatic heterocycles. The van der Waals surface area contributed by atoms with Crippen molar-refractivity contribution in [3.63, 3.8) is 0 Å². The molecule has 0 aliphatic heterocycles. The molecule has 4 rings (SSSR count). The molecule has 242 valence electrons. The first-order chi connectivity index (χ1) is 21.8. The first-order valence-corrected chi connectivity index (χ1v) is 15.2. The molecular weight excluding hydrogens is 576 g/mol. The molecule has 0 saturated carbocycles. The van der Waals surface area contributed by atoms with Gasteiger partial charge in [0.1, 0.15) is 23.0 Å². The van der Waals surface area contributed by atoms with Crippen molar-refractivity contribution >= 4 is 34.4 Å². The van der Waals surface area contributed by atoms with Gasteiger partial charge in [0, 0.05) is 0 Å². The van der Waals surface area contributed by atoms with Crippen molar-refractivity contribution in [2.75, 3.05) is 33.3 Å². The Kier molecular flexibility index (Phi) is 10.3. The predicted octanol–water partition coefficient (Wildman–Crippen LogP) is 8.75. The van der Waals surface area contributed by atoms with Gasteiger partial charge in [-0.25, -0.2) is 9.98 Å². The lowest BCUT2D eigenvalue weighted by Gasteiger charge is -2.32. The Bertz CT molecular complexity index is 1690. The van der Waals surface area contributed by atoms with Crippen LogP contribution in [-0.2, 0) is 0 Å². The minimum atomic E-state index is 0.259. The average Bonchev–Trinajstić information content (AvgIpc) is 3.00. The maximum Gasteiger partial charge on any atom is 0.181 e. The van der Waals surface area contributed by atoms with Gasteiger partial charge in [-0.3, -0.25) is 4.90 Å². The normalized spacial score (nSPS) is 11.8. The van der Waals surface area contributed by atoms with E-state index >= 15 is 0 Å². The molecular formula is C38H46N4O4. The zero-order valence-electron chi connectivity index (χ0n) is 29.2. The van der Waals surface area contributed by atoms with Gasteiger partial charge in [0.05, 0.1) is 51.2 Å². The summed E-state index contributed by atoms with van der Waals surface area (Å²) in [5.74, 6) is 3.82. The Morgan fingerprint density at radius 3 is 1.00 bits per heavy atom. The summed E-state index contributed by atoms with van der Waals surface area (Å²) in [5.41, 5.74) is 18.3. The molecule has 0 atom stereocenters. The van der Waals surface area contributed by atoms with Crippen molar-refractivity contribution in [3.05, 3.63) is 93.0 Å². The second kappa shape index (κ2) is 14.0. The van der Waals surface area contributed by atoms with Gasteiger partial charge in [0.2, 0.25) is 0 Å². The lowest BCUT2D eigenvalue weighted by Crippen LogP contribution is -2.39. The van der Waals surface area contributed by atoms with E-state index in [1.165, 1.54) is 0 Å². The van der Waals surface area contributed by atoms with Crippen LogP contribution in [0.4, 0.5) is 22.7 Å². The lowest BCUT2D eigenvalue weighted by molar-refractivity contribution is 0.414. The Labute approximate surface area is 273 Å². The van der Waals surface area contributed by atoms with E-state index in [0.717, 1.165) is 90.3 Å². The van der Waals surface area contributed by atoms with Crippen LogP contribution in [0.25, 0.3) is 0 Å². The second-order valence-corrected chi connectivity index (χ2v) is 11.7. The molecule has 0 fully saturated rings. The lowest BCUT2D eigenvalue weighted by atomic mass is 10.0. The molecule has 8 nitrogen and oxygen atoms in total. The number of hydrogen-bond donors (Lipinski definition) is 1. The third kappa shape index (κ3) is 6.81. The third-order valence-electron chi connectivity index (χ3n) is 8.14. The molecule has 2 N–H and O–H groups in total. The van der Waals surface area contributed by atoms with Gasteiger partial charge in [0.15, 0.2) is 11.7 Å². The molecule has 0 bridgehead atoms. The van der Waals surface area contributed by atoms with Crippen molar-refractivity contribution in [1.29, 1.82) is 0 Å². The highest BCUT2D eigenvalue weighted by molar-refractivity contribution is 6.47. The molecule has 0 amide bonds. The summed E-state index contributed by atoms with van der Waals surface area (Å²) in [6, 6.07) is 16.0. The van der Waals surface area contributed by atoms with Gasteiger partial charge in [-0.1, -0.05) is 0 Å². The zero-order valence-corrected chi connectivity index (χ0v) is 29.2. The number of methoxy groups -OCH3 is 4. The molecule has 8 heteroatoms. The summed E-state index contributed by atoms with van der Waals surface area (Å²) in [5, 5.41) is 0. The highest BCUT2D eigenvalue weighted by Crippen LogP contribution is 2.41. The van der Waals surface area contributed by atoms with Gasteiger partial charge in [-0.2, -0.15) is 0 Å². The van der Waals surface area contributed by atoms with Gasteiger partial charge < -0.3 is 24.7 Å². The Morgan fingerprint density at radius 1 is 0.457 bits per heavy atom. The van der Waals surface area contributed by atoms with E-state index in [1.807, 2.05) is 76.2 Å². The van der Waals surface area contributed by atoms with Crippen molar-refractivity contribution < 1.29 is 18.9 Å². The summed E-state index contributed by atoms with van der Waals surface area (Å²) in [6.07, 6.45) is 0. The molecule has 0 radical (unpaired) electrons. The first-order valence-electron chi connectivity index (χ1n) is 15.2.